The zero-order chi connectivity index (χ0) is 12.8. The third kappa shape index (κ3) is 3.07. The summed E-state index contributed by atoms with van der Waals surface area (Å²) in [6.07, 6.45) is 0. The first kappa shape index (κ1) is 12.6. The van der Waals surface area contributed by atoms with Gasteiger partial charge in [-0.1, -0.05) is 35.4 Å². The summed E-state index contributed by atoms with van der Waals surface area (Å²) in [6.45, 7) is 4.27. The molecule has 2 rings (SSSR count). The molecule has 2 aromatic rings. The van der Waals surface area contributed by atoms with Gasteiger partial charge in [-0.2, -0.15) is 0 Å². The normalized spacial score (nSPS) is 10.6. The maximum absolute atomic E-state index is 5.59. The Bertz CT molecular complexity index is 469. The Morgan fingerprint density at radius 3 is 2.67 bits per heavy atom. The van der Waals surface area contributed by atoms with E-state index in [1.165, 1.54) is 5.56 Å². The first-order valence-corrected chi connectivity index (χ1v) is 6.09. The number of benzene rings is 1. The van der Waals surface area contributed by atoms with Gasteiger partial charge >= 0.3 is 6.01 Å². The van der Waals surface area contributed by atoms with Crippen LogP contribution >= 0.6 is 0 Å². The predicted molar refractivity (Wildman–Crippen MR) is 70.2 cm³/mol. The van der Waals surface area contributed by atoms with Crippen LogP contribution in [0.4, 0.5) is 6.01 Å². The molecular weight excluding hydrogens is 228 g/mol. The van der Waals surface area contributed by atoms with E-state index in [-0.39, 0.29) is 0 Å². The van der Waals surface area contributed by atoms with Gasteiger partial charge in [-0.15, -0.1) is 5.10 Å². The highest BCUT2D eigenvalue weighted by molar-refractivity contribution is 5.28. The summed E-state index contributed by atoms with van der Waals surface area (Å²) < 4.78 is 5.59. The van der Waals surface area contributed by atoms with Gasteiger partial charge in [-0.3, -0.25) is 0 Å². The van der Waals surface area contributed by atoms with Crippen LogP contribution in [0, 0.1) is 0 Å². The van der Waals surface area contributed by atoms with E-state index in [2.05, 4.69) is 39.5 Å². The highest BCUT2D eigenvalue weighted by atomic mass is 16.4. The van der Waals surface area contributed by atoms with Crippen molar-refractivity contribution >= 4 is 6.01 Å². The van der Waals surface area contributed by atoms with Crippen molar-refractivity contribution < 1.29 is 4.42 Å². The van der Waals surface area contributed by atoms with E-state index in [0.717, 1.165) is 13.1 Å². The van der Waals surface area contributed by atoms with Gasteiger partial charge in [-0.05, 0) is 19.5 Å². The van der Waals surface area contributed by atoms with E-state index >= 15 is 0 Å². The van der Waals surface area contributed by atoms with Crippen molar-refractivity contribution in [3.63, 3.8) is 0 Å². The van der Waals surface area contributed by atoms with Gasteiger partial charge in [0.1, 0.15) is 0 Å². The number of aromatic nitrogens is 2. The first-order chi connectivity index (χ1) is 8.83. The molecule has 0 fully saturated rings. The van der Waals surface area contributed by atoms with Gasteiger partial charge in [0.05, 0.1) is 6.54 Å². The molecule has 1 aromatic carbocycles. The maximum Gasteiger partial charge on any atom is 0.318 e. The van der Waals surface area contributed by atoms with Gasteiger partial charge in [0.25, 0.3) is 0 Å². The first-order valence-electron chi connectivity index (χ1n) is 6.09. The van der Waals surface area contributed by atoms with Crippen molar-refractivity contribution in [3.8, 4) is 0 Å². The largest absolute Gasteiger partial charge is 0.407 e. The lowest BCUT2D eigenvalue weighted by Gasteiger charge is -2.17. The molecule has 96 valence electrons. The second-order valence-corrected chi connectivity index (χ2v) is 4.01. The molecule has 1 heterocycles. The van der Waals surface area contributed by atoms with Crippen LogP contribution in [0.25, 0.3) is 0 Å². The van der Waals surface area contributed by atoms with E-state index in [0.29, 0.717) is 18.5 Å². The van der Waals surface area contributed by atoms with Crippen molar-refractivity contribution in [2.45, 2.75) is 20.0 Å². The second kappa shape index (κ2) is 6.16. The highest BCUT2D eigenvalue weighted by Gasteiger charge is 2.12. The molecule has 0 unspecified atom stereocenters. The summed E-state index contributed by atoms with van der Waals surface area (Å²) in [4.78, 5) is 2.06. The van der Waals surface area contributed by atoms with Crippen LogP contribution < -0.4 is 10.2 Å². The minimum Gasteiger partial charge on any atom is -0.407 e. The summed E-state index contributed by atoms with van der Waals surface area (Å²) in [7, 11) is 1.85. The van der Waals surface area contributed by atoms with Crippen LogP contribution in [0.15, 0.2) is 34.7 Å². The van der Waals surface area contributed by atoms with Gasteiger partial charge in [0.15, 0.2) is 0 Å². The fraction of sp³-hybridized carbons (Fsp3) is 0.385. The molecule has 0 spiro atoms. The van der Waals surface area contributed by atoms with Crippen LogP contribution in [-0.2, 0) is 13.1 Å². The number of nitrogens with zero attached hydrogens (tertiary/aromatic N) is 3. The Morgan fingerprint density at radius 2 is 2.00 bits per heavy atom. The minimum atomic E-state index is 0.576. The summed E-state index contributed by atoms with van der Waals surface area (Å²) in [5.41, 5.74) is 1.23. The van der Waals surface area contributed by atoms with Crippen molar-refractivity contribution in [1.29, 1.82) is 0 Å². The molecule has 0 atom stereocenters. The van der Waals surface area contributed by atoms with E-state index in [1.54, 1.807) is 0 Å². The molecule has 0 amide bonds. The summed E-state index contributed by atoms with van der Waals surface area (Å²) in [5, 5.41) is 11.1. The Morgan fingerprint density at radius 1 is 1.22 bits per heavy atom. The molecule has 0 saturated carbocycles. The van der Waals surface area contributed by atoms with Crippen molar-refractivity contribution in [1.82, 2.24) is 15.5 Å². The lowest BCUT2D eigenvalue weighted by atomic mass is 10.2. The van der Waals surface area contributed by atoms with Gasteiger partial charge in [0.2, 0.25) is 5.89 Å². The van der Waals surface area contributed by atoms with Crippen molar-refractivity contribution in [3.05, 3.63) is 41.8 Å². The van der Waals surface area contributed by atoms with Crippen molar-refractivity contribution in [2.24, 2.45) is 0 Å². The maximum atomic E-state index is 5.59. The third-order valence-electron chi connectivity index (χ3n) is 2.65. The van der Waals surface area contributed by atoms with E-state index in [4.69, 9.17) is 4.42 Å². The van der Waals surface area contributed by atoms with Crippen LogP contribution in [0.5, 0.6) is 0 Å². The lowest BCUT2D eigenvalue weighted by Crippen LogP contribution is -2.22. The number of hydrogen-bond acceptors (Lipinski definition) is 5. The molecule has 5 heteroatoms. The predicted octanol–water partition coefficient (Wildman–Crippen LogP) is 1.82. The zero-order valence-corrected chi connectivity index (χ0v) is 10.8. The molecule has 0 aliphatic rings. The highest BCUT2D eigenvalue weighted by Crippen LogP contribution is 2.15. The third-order valence-corrected chi connectivity index (χ3v) is 2.65. The zero-order valence-electron chi connectivity index (χ0n) is 10.8. The summed E-state index contributed by atoms with van der Waals surface area (Å²) in [6, 6.07) is 10.8. The molecule has 1 N–H and O–H groups in total. The number of rotatable bonds is 6. The molecule has 0 radical (unpaired) electrons. The fourth-order valence-corrected chi connectivity index (χ4v) is 1.71. The van der Waals surface area contributed by atoms with Gasteiger partial charge in [-0.25, -0.2) is 0 Å². The van der Waals surface area contributed by atoms with Crippen LogP contribution in [0.3, 0.4) is 0 Å². The second-order valence-electron chi connectivity index (χ2n) is 4.01. The van der Waals surface area contributed by atoms with Crippen LogP contribution in [0.1, 0.15) is 18.4 Å². The monoisotopic (exact) mass is 246 g/mol. The van der Waals surface area contributed by atoms with Crippen LogP contribution in [-0.4, -0.2) is 23.8 Å². The number of hydrogen-bond donors (Lipinski definition) is 1. The van der Waals surface area contributed by atoms with E-state index in [9.17, 15) is 0 Å². The quantitative estimate of drug-likeness (QED) is 0.842. The Kier molecular flexibility index (Phi) is 4.30. The summed E-state index contributed by atoms with van der Waals surface area (Å²) >= 11 is 0. The standard InChI is InChI=1S/C13H18N4O/c1-3-17(10-11-7-5-4-6-8-11)13-16-15-12(18-13)9-14-2/h4-8,14H,3,9-10H2,1-2H3. The Hall–Kier alpha value is -1.88. The van der Waals surface area contributed by atoms with Gasteiger partial charge < -0.3 is 14.6 Å². The number of nitrogens with one attached hydrogen (secondary N) is 1. The molecular formula is C13H18N4O. The Labute approximate surface area is 107 Å². The Balaban J connectivity index is 2.08. The topological polar surface area (TPSA) is 54.2 Å². The molecule has 0 bridgehead atoms. The molecule has 18 heavy (non-hydrogen) atoms. The molecule has 5 nitrogen and oxygen atoms in total. The lowest BCUT2D eigenvalue weighted by molar-refractivity contribution is 0.471. The van der Waals surface area contributed by atoms with E-state index in [1.807, 2.05) is 25.2 Å². The minimum absolute atomic E-state index is 0.576. The molecule has 1 aromatic heterocycles. The van der Waals surface area contributed by atoms with Crippen molar-refractivity contribution in [2.75, 3.05) is 18.5 Å². The SMILES string of the molecule is CCN(Cc1ccccc1)c1nnc(CNC)o1. The molecule has 0 aliphatic carbocycles. The number of anilines is 1. The smallest absolute Gasteiger partial charge is 0.318 e. The fourth-order valence-electron chi connectivity index (χ4n) is 1.71. The van der Waals surface area contributed by atoms with Gasteiger partial charge in [0, 0.05) is 13.1 Å². The van der Waals surface area contributed by atoms with E-state index < -0.39 is 0 Å². The average molecular weight is 246 g/mol. The molecule has 0 aliphatic heterocycles. The van der Waals surface area contributed by atoms with Crippen LogP contribution in [0.2, 0.25) is 0 Å². The average Bonchev–Trinajstić information content (AvgIpc) is 2.86. The molecule has 0 saturated heterocycles. The summed E-state index contributed by atoms with van der Waals surface area (Å²) in [5.74, 6) is 0.610.